The lowest BCUT2D eigenvalue weighted by Gasteiger charge is -1.99. The Labute approximate surface area is 110 Å². The van der Waals surface area contributed by atoms with E-state index < -0.39 is 0 Å². The van der Waals surface area contributed by atoms with Gasteiger partial charge in [0.25, 0.3) is 0 Å². The first kappa shape index (κ1) is 12.4. The van der Waals surface area contributed by atoms with Gasteiger partial charge in [-0.1, -0.05) is 29.8 Å². The quantitative estimate of drug-likeness (QED) is 0.831. The number of rotatable bonds is 4. The van der Waals surface area contributed by atoms with Gasteiger partial charge in [-0.3, -0.25) is 4.79 Å². The first-order chi connectivity index (χ1) is 8.75. The minimum absolute atomic E-state index is 0.176. The molecule has 0 fully saturated rings. The monoisotopic (exact) mass is 261 g/mol. The van der Waals surface area contributed by atoms with Crippen LogP contribution in [0.25, 0.3) is 6.08 Å². The summed E-state index contributed by atoms with van der Waals surface area (Å²) in [5.74, 6) is -0.176. The number of halogens is 1. The van der Waals surface area contributed by atoms with Crippen LogP contribution < -0.4 is 5.32 Å². The average molecular weight is 262 g/mol. The van der Waals surface area contributed by atoms with Crippen LogP contribution in [0.4, 0.5) is 0 Å². The highest BCUT2D eigenvalue weighted by molar-refractivity contribution is 6.32. The molecule has 1 amide bonds. The lowest BCUT2D eigenvalue weighted by Crippen LogP contribution is -2.20. The first-order valence-corrected chi connectivity index (χ1v) is 5.81. The number of carbonyl (C=O) groups is 1. The van der Waals surface area contributed by atoms with Gasteiger partial charge in [-0.25, -0.2) is 4.98 Å². The maximum absolute atomic E-state index is 11.5. The molecule has 4 nitrogen and oxygen atoms in total. The average Bonchev–Trinajstić information content (AvgIpc) is 2.88. The molecule has 18 heavy (non-hydrogen) atoms. The van der Waals surface area contributed by atoms with Crippen molar-refractivity contribution >= 4 is 23.6 Å². The summed E-state index contributed by atoms with van der Waals surface area (Å²) in [4.78, 5) is 18.3. The summed E-state index contributed by atoms with van der Waals surface area (Å²) in [6.45, 7) is 0.422. The van der Waals surface area contributed by atoms with E-state index in [0.29, 0.717) is 11.6 Å². The zero-order valence-electron chi connectivity index (χ0n) is 9.56. The van der Waals surface area contributed by atoms with E-state index in [1.54, 1.807) is 24.7 Å². The Kier molecular flexibility index (Phi) is 4.15. The Balaban J connectivity index is 1.89. The third-order valence-corrected chi connectivity index (χ3v) is 2.67. The fourth-order valence-corrected chi connectivity index (χ4v) is 1.60. The molecular formula is C13H12ClN3O. The SMILES string of the molecule is O=C(C=Cc1ccccc1Cl)NCc1cnc[nH]1. The lowest BCUT2D eigenvalue weighted by atomic mass is 10.2. The van der Waals surface area contributed by atoms with E-state index in [0.717, 1.165) is 11.3 Å². The van der Waals surface area contributed by atoms with Crippen LogP contribution in [0.15, 0.2) is 42.9 Å². The van der Waals surface area contributed by atoms with Crippen molar-refractivity contribution in [2.75, 3.05) is 0 Å². The van der Waals surface area contributed by atoms with Crippen LogP contribution in [0.1, 0.15) is 11.3 Å². The lowest BCUT2D eigenvalue weighted by molar-refractivity contribution is -0.116. The Morgan fingerprint density at radius 3 is 3.00 bits per heavy atom. The molecule has 0 bridgehead atoms. The summed E-state index contributed by atoms with van der Waals surface area (Å²) < 4.78 is 0. The standard InChI is InChI=1S/C13H12ClN3O/c14-12-4-2-1-3-10(12)5-6-13(18)16-8-11-7-15-9-17-11/h1-7,9H,8H2,(H,15,17)(H,16,18). The topological polar surface area (TPSA) is 57.8 Å². The van der Waals surface area contributed by atoms with Gasteiger partial charge in [0.15, 0.2) is 0 Å². The second-order valence-corrected chi connectivity index (χ2v) is 4.06. The number of imidazole rings is 1. The highest BCUT2D eigenvalue weighted by atomic mass is 35.5. The minimum atomic E-state index is -0.176. The van der Waals surface area contributed by atoms with Crippen molar-refractivity contribution in [2.24, 2.45) is 0 Å². The number of aromatic nitrogens is 2. The van der Waals surface area contributed by atoms with E-state index in [-0.39, 0.29) is 5.91 Å². The van der Waals surface area contributed by atoms with Gasteiger partial charge in [0.1, 0.15) is 0 Å². The highest BCUT2D eigenvalue weighted by Crippen LogP contribution is 2.15. The second kappa shape index (κ2) is 6.02. The number of nitrogens with zero attached hydrogens (tertiary/aromatic N) is 1. The Morgan fingerprint density at radius 1 is 1.44 bits per heavy atom. The first-order valence-electron chi connectivity index (χ1n) is 5.43. The molecule has 0 saturated heterocycles. The number of carbonyl (C=O) groups excluding carboxylic acids is 1. The molecule has 5 heteroatoms. The van der Waals surface area contributed by atoms with Crippen molar-refractivity contribution in [3.63, 3.8) is 0 Å². The molecule has 0 saturated carbocycles. The summed E-state index contributed by atoms with van der Waals surface area (Å²) >= 11 is 5.97. The molecule has 0 radical (unpaired) electrons. The third kappa shape index (κ3) is 3.46. The fourth-order valence-electron chi connectivity index (χ4n) is 1.40. The van der Waals surface area contributed by atoms with E-state index in [1.165, 1.54) is 6.08 Å². The van der Waals surface area contributed by atoms with Crippen molar-refractivity contribution in [2.45, 2.75) is 6.54 Å². The maximum atomic E-state index is 11.5. The molecule has 92 valence electrons. The predicted molar refractivity (Wildman–Crippen MR) is 70.9 cm³/mol. The zero-order valence-corrected chi connectivity index (χ0v) is 10.3. The summed E-state index contributed by atoms with van der Waals surface area (Å²) in [7, 11) is 0. The molecule has 0 aliphatic rings. The number of nitrogens with one attached hydrogen (secondary N) is 2. The van der Waals surface area contributed by atoms with E-state index in [1.807, 2.05) is 18.2 Å². The van der Waals surface area contributed by atoms with Crippen molar-refractivity contribution in [3.8, 4) is 0 Å². The molecule has 2 aromatic rings. The van der Waals surface area contributed by atoms with Crippen LogP contribution >= 0.6 is 11.6 Å². The van der Waals surface area contributed by atoms with Gasteiger partial charge in [0.05, 0.1) is 18.6 Å². The van der Waals surface area contributed by atoms with Crippen LogP contribution in [-0.2, 0) is 11.3 Å². The van der Waals surface area contributed by atoms with Crippen molar-refractivity contribution in [3.05, 3.63) is 59.1 Å². The van der Waals surface area contributed by atoms with Gasteiger partial charge in [-0.05, 0) is 17.7 Å². The third-order valence-electron chi connectivity index (χ3n) is 2.33. The van der Waals surface area contributed by atoms with Crippen LogP contribution in [0, 0.1) is 0 Å². The Hall–Kier alpha value is -2.07. The maximum Gasteiger partial charge on any atom is 0.244 e. The molecule has 1 heterocycles. The van der Waals surface area contributed by atoms with Crippen molar-refractivity contribution in [1.82, 2.24) is 15.3 Å². The molecule has 0 spiro atoms. The minimum Gasteiger partial charge on any atom is -0.347 e. The van der Waals surface area contributed by atoms with Crippen LogP contribution in [0.3, 0.4) is 0 Å². The number of H-pyrrole nitrogens is 1. The van der Waals surface area contributed by atoms with E-state index >= 15 is 0 Å². The molecule has 2 N–H and O–H groups in total. The highest BCUT2D eigenvalue weighted by Gasteiger charge is 1.98. The summed E-state index contributed by atoms with van der Waals surface area (Å²) in [5, 5.41) is 3.36. The largest absolute Gasteiger partial charge is 0.347 e. The van der Waals surface area contributed by atoms with Crippen molar-refractivity contribution < 1.29 is 4.79 Å². The molecule has 1 aromatic heterocycles. The van der Waals surface area contributed by atoms with E-state index in [2.05, 4.69) is 15.3 Å². The fraction of sp³-hybridized carbons (Fsp3) is 0.0769. The van der Waals surface area contributed by atoms with Gasteiger partial charge in [0.2, 0.25) is 5.91 Å². The van der Waals surface area contributed by atoms with Crippen LogP contribution in [0.5, 0.6) is 0 Å². The normalized spacial score (nSPS) is 10.7. The number of hydrogen-bond donors (Lipinski definition) is 2. The van der Waals surface area contributed by atoms with Crippen LogP contribution in [-0.4, -0.2) is 15.9 Å². The zero-order chi connectivity index (χ0) is 12.8. The molecular weight excluding hydrogens is 250 g/mol. The smallest absolute Gasteiger partial charge is 0.244 e. The molecule has 2 rings (SSSR count). The summed E-state index contributed by atoms with van der Waals surface area (Å²) in [6.07, 6.45) is 6.38. The molecule has 0 aliphatic heterocycles. The van der Waals surface area contributed by atoms with Gasteiger partial charge in [-0.15, -0.1) is 0 Å². The van der Waals surface area contributed by atoms with Gasteiger partial charge in [-0.2, -0.15) is 0 Å². The Bertz CT molecular complexity index is 549. The molecule has 0 atom stereocenters. The molecule has 1 aromatic carbocycles. The second-order valence-electron chi connectivity index (χ2n) is 3.65. The Morgan fingerprint density at radius 2 is 2.28 bits per heavy atom. The van der Waals surface area contributed by atoms with Gasteiger partial charge >= 0.3 is 0 Å². The number of hydrogen-bond acceptors (Lipinski definition) is 2. The molecule has 0 unspecified atom stereocenters. The summed E-state index contributed by atoms with van der Waals surface area (Å²) in [5.41, 5.74) is 1.67. The molecule has 0 aliphatic carbocycles. The van der Waals surface area contributed by atoms with Gasteiger partial charge in [0, 0.05) is 17.3 Å². The number of aromatic amines is 1. The summed E-state index contributed by atoms with van der Waals surface area (Å²) in [6, 6.07) is 7.34. The number of benzene rings is 1. The number of amides is 1. The van der Waals surface area contributed by atoms with E-state index in [4.69, 9.17) is 11.6 Å². The van der Waals surface area contributed by atoms with Crippen molar-refractivity contribution in [1.29, 1.82) is 0 Å². The van der Waals surface area contributed by atoms with Crippen LogP contribution in [0.2, 0.25) is 5.02 Å². The van der Waals surface area contributed by atoms with Gasteiger partial charge < -0.3 is 10.3 Å². The predicted octanol–water partition coefficient (Wildman–Crippen LogP) is 2.39. The van der Waals surface area contributed by atoms with E-state index in [9.17, 15) is 4.79 Å².